The van der Waals surface area contributed by atoms with Crippen LogP contribution in [-0.2, 0) is 0 Å². The van der Waals surface area contributed by atoms with E-state index >= 15 is 0 Å². The Morgan fingerprint density at radius 3 is 2.48 bits per heavy atom. The molecule has 0 N–H and O–H groups in total. The third-order valence-corrected chi connectivity index (χ3v) is 4.74. The molecule has 1 aliphatic heterocycles. The number of pyridine rings is 1. The summed E-state index contributed by atoms with van der Waals surface area (Å²) >= 11 is 0. The lowest BCUT2D eigenvalue weighted by atomic mass is 10.00. The number of rotatable bonds is 5. The van der Waals surface area contributed by atoms with E-state index in [1.807, 2.05) is 18.3 Å². The van der Waals surface area contributed by atoms with E-state index in [1.165, 1.54) is 0 Å². The van der Waals surface area contributed by atoms with Crippen LogP contribution in [0.5, 0.6) is 0 Å². The molecule has 0 radical (unpaired) electrons. The molecule has 0 atom stereocenters. The van der Waals surface area contributed by atoms with Crippen molar-refractivity contribution in [3.63, 3.8) is 0 Å². The average molecular weight is 356 g/mol. The van der Waals surface area contributed by atoms with E-state index in [1.54, 1.807) is 0 Å². The minimum atomic E-state index is 0.900. The van der Waals surface area contributed by atoms with Crippen LogP contribution in [0.3, 0.4) is 0 Å². The molecular formula is C23H24N4. The highest BCUT2D eigenvalue weighted by Crippen LogP contribution is 2.38. The Kier molecular flexibility index (Phi) is 4.99. The van der Waals surface area contributed by atoms with Crippen molar-refractivity contribution in [2.24, 2.45) is 4.99 Å². The number of benzene rings is 2. The van der Waals surface area contributed by atoms with E-state index in [2.05, 4.69) is 78.5 Å². The Balaban J connectivity index is 1.86. The van der Waals surface area contributed by atoms with Crippen molar-refractivity contribution in [2.75, 3.05) is 32.1 Å². The van der Waals surface area contributed by atoms with Crippen molar-refractivity contribution in [3.05, 3.63) is 84.1 Å². The molecule has 0 aliphatic carbocycles. The third kappa shape index (κ3) is 3.62. The Bertz CT molecular complexity index is 947. The van der Waals surface area contributed by atoms with Crippen LogP contribution in [-0.4, -0.2) is 42.8 Å². The first-order valence-electron chi connectivity index (χ1n) is 9.35. The maximum Gasteiger partial charge on any atom is 0.159 e. The van der Waals surface area contributed by atoms with Crippen molar-refractivity contribution in [1.29, 1.82) is 0 Å². The zero-order chi connectivity index (χ0) is 18.6. The molecule has 1 aliphatic rings. The summed E-state index contributed by atoms with van der Waals surface area (Å²) in [5, 5.41) is 0. The van der Waals surface area contributed by atoms with Crippen LogP contribution in [0.1, 0.15) is 17.5 Å². The van der Waals surface area contributed by atoms with E-state index in [-0.39, 0.29) is 0 Å². The number of aromatic nitrogens is 1. The molecule has 0 fully saturated rings. The van der Waals surface area contributed by atoms with Crippen molar-refractivity contribution < 1.29 is 0 Å². The Morgan fingerprint density at radius 2 is 1.67 bits per heavy atom. The Morgan fingerprint density at radius 1 is 0.889 bits per heavy atom. The molecule has 4 nitrogen and oxygen atoms in total. The SMILES string of the molecule is CN(C)CCCN1c2ccccc2C(c2ccccc2)=Nc2cccnc21. The van der Waals surface area contributed by atoms with Gasteiger partial charge in [-0.3, -0.25) is 0 Å². The van der Waals surface area contributed by atoms with E-state index in [0.717, 1.165) is 53.5 Å². The summed E-state index contributed by atoms with van der Waals surface area (Å²) in [4.78, 5) is 14.3. The first-order chi connectivity index (χ1) is 13.2. The van der Waals surface area contributed by atoms with Gasteiger partial charge < -0.3 is 9.80 Å². The van der Waals surface area contributed by atoms with Crippen LogP contribution in [0.2, 0.25) is 0 Å². The second kappa shape index (κ2) is 7.72. The molecule has 1 aromatic heterocycles. The number of para-hydroxylation sites is 1. The number of hydrogen-bond acceptors (Lipinski definition) is 4. The summed E-state index contributed by atoms with van der Waals surface area (Å²) in [5.74, 6) is 0.926. The fraction of sp³-hybridized carbons (Fsp3) is 0.217. The molecule has 0 bridgehead atoms. The second-order valence-electron chi connectivity index (χ2n) is 7.00. The molecule has 2 aromatic carbocycles. The summed E-state index contributed by atoms with van der Waals surface area (Å²) in [5.41, 5.74) is 5.34. The highest BCUT2D eigenvalue weighted by molar-refractivity contribution is 6.18. The molecule has 136 valence electrons. The average Bonchev–Trinajstić information content (AvgIpc) is 2.84. The largest absolute Gasteiger partial charge is 0.324 e. The fourth-order valence-electron chi connectivity index (χ4n) is 3.48. The predicted molar refractivity (Wildman–Crippen MR) is 113 cm³/mol. The predicted octanol–water partition coefficient (Wildman–Crippen LogP) is 4.65. The van der Waals surface area contributed by atoms with Gasteiger partial charge in [-0.1, -0.05) is 48.5 Å². The van der Waals surface area contributed by atoms with E-state index in [4.69, 9.17) is 9.98 Å². The van der Waals surface area contributed by atoms with Crippen LogP contribution in [0, 0.1) is 0 Å². The summed E-state index contributed by atoms with van der Waals surface area (Å²) in [6, 6.07) is 22.9. The molecule has 3 aromatic rings. The zero-order valence-corrected chi connectivity index (χ0v) is 15.8. The van der Waals surface area contributed by atoms with Gasteiger partial charge in [0.2, 0.25) is 0 Å². The smallest absolute Gasteiger partial charge is 0.159 e. The summed E-state index contributed by atoms with van der Waals surface area (Å²) in [6.07, 6.45) is 2.90. The summed E-state index contributed by atoms with van der Waals surface area (Å²) in [6.45, 7) is 1.93. The van der Waals surface area contributed by atoms with Gasteiger partial charge in [-0.15, -0.1) is 0 Å². The fourth-order valence-corrected chi connectivity index (χ4v) is 3.48. The molecule has 4 rings (SSSR count). The lowest BCUT2D eigenvalue weighted by Gasteiger charge is -2.26. The number of anilines is 2. The van der Waals surface area contributed by atoms with Gasteiger partial charge >= 0.3 is 0 Å². The Hall–Kier alpha value is -2.98. The first-order valence-corrected chi connectivity index (χ1v) is 9.35. The van der Waals surface area contributed by atoms with Gasteiger partial charge in [0, 0.05) is 23.9 Å². The molecule has 0 spiro atoms. The van der Waals surface area contributed by atoms with Gasteiger partial charge in [0.1, 0.15) is 5.69 Å². The van der Waals surface area contributed by atoms with Crippen LogP contribution in [0.4, 0.5) is 17.2 Å². The minimum absolute atomic E-state index is 0.900. The number of hydrogen-bond donors (Lipinski definition) is 0. The van der Waals surface area contributed by atoms with Crippen LogP contribution < -0.4 is 4.90 Å². The van der Waals surface area contributed by atoms with Gasteiger partial charge in [-0.05, 0) is 45.3 Å². The topological polar surface area (TPSA) is 31.7 Å². The van der Waals surface area contributed by atoms with E-state index in [0.29, 0.717) is 0 Å². The van der Waals surface area contributed by atoms with Gasteiger partial charge in [-0.2, -0.15) is 0 Å². The van der Waals surface area contributed by atoms with Crippen molar-refractivity contribution in [3.8, 4) is 0 Å². The molecule has 0 amide bonds. The van der Waals surface area contributed by atoms with Crippen molar-refractivity contribution in [1.82, 2.24) is 9.88 Å². The molecule has 0 unspecified atom stereocenters. The second-order valence-corrected chi connectivity index (χ2v) is 7.00. The highest BCUT2D eigenvalue weighted by Gasteiger charge is 2.24. The van der Waals surface area contributed by atoms with Crippen molar-refractivity contribution in [2.45, 2.75) is 6.42 Å². The molecule has 0 saturated carbocycles. The van der Waals surface area contributed by atoms with Gasteiger partial charge in [0.05, 0.1) is 11.4 Å². The van der Waals surface area contributed by atoms with Crippen LogP contribution in [0.25, 0.3) is 0 Å². The zero-order valence-electron chi connectivity index (χ0n) is 15.8. The maximum absolute atomic E-state index is 5.05. The van der Waals surface area contributed by atoms with Gasteiger partial charge in [0.25, 0.3) is 0 Å². The maximum atomic E-state index is 5.05. The van der Waals surface area contributed by atoms with E-state index < -0.39 is 0 Å². The molecule has 0 saturated heterocycles. The monoisotopic (exact) mass is 356 g/mol. The minimum Gasteiger partial charge on any atom is -0.324 e. The molecule has 4 heteroatoms. The first kappa shape index (κ1) is 17.4. The number of nitrogens with zero attached hydrogens (tertiary/aromatic N) is 4. The van der Waals surface area contributed by atoms with Gasteiger partial charge in [-0.25, -0.2) is 9.98 Å². The number of fused-ring (bicyclic) bond motifs is 2. The normalized spacial score (nSPS) is 13.0. The Labute approximate surface area is 160 Å². The standard InChI is InChI=1S/C23H24N4/c1-26(2)16-9-17-27-21-14-7-6-12-19(21)22(18-10-4-3-5-11-18)25-20-13-8-15-24-23(20)27/h3-8,10-15H,9,16-17H2,1-2H3. The van der Waals surface area contributed by atoms with Gasteiger partial charge in [0.15, 0.2) is 5.82 Å². The van der Waals surface area contributed by atoms with Crippen molar-refractivity contribution >= 4 is 22.9 Å². The molecular weight excluding hydrogens is 332 g/mol. The highest BCUT2D eigenvalue weighted by atomic mass is 15.2. The van der Waals surface area contributed by atoms with E-state index in [9.17, 15) is 0 Å². The lowest BCUT2D eigenvalue weighted by molar-refractivity contribution is 0.402. The van der Waals surface area contributed by atoms with Crippen LogP contribution >= 0.6 is 0 Å². The number of aliphatic imine (C=N–C) groups is 1. The lowest BCUT2D eigenvalue weighted by Crippen LogP contribution is -2.24. The molecule has 27 heavy (non-hydrogen) atoms. The third-order valence-electron chi connectivity index (χ3n) is 4.74. The quantitative estimate of drug-likeness (QED) is 0.667. The molecule has 2 heterocycles. The van der Waals surface area contributed by atoms with Crippen LogP contribution in [0.15, 0.2) is 77.9 Å². The summed E-state index contributed by atoms with van der Waals surface area (Å²) in [7, 11) is 4.22. The summed E-state index contributed by atoms with van der Waals surface area (Å²) < 4.78 is 0.